The monoisotopic (exact) mass is 489 g/mol. The lowest BCUT2D eigenvalue weighted by Crippen LogP contribution is -2.28. The molecule has 3 rings (SSSR count). The first-order chi connectivity index (χ1) is 14.5. The van der Waals surface area contributed by atoms with E-state index in [0.29, 0.717) is 11.5 Å². The molecule has 31 heavy (non-hydrogen) atoms. The first kappa shape index (κ1) is 23.5. The molecular formula is C19H23NO8S3. The molecule has 12 heteroatoms. The molecule has 1 atom stereocenters. The quantitative estimate of drug-likeness (QED) is 0.516. The third kappa shape index (κ3) is 5.76. The summed E-state index contributed by atoms with van der Waals surface area (Å²) in [7, 11) is -9.81. The Hall–Kier alpha value is -2.15. The molecule has 0 spiro atoms. The molecular weight excluding hydrogens is 466 g/mol. The highest BCUT2D eigenvalue weighted by atomic mass is 32.2. The summed E-state index contributed by atoms with van der Waals surface area (Å²) in [5.41, 5.74) is 0. The van der Waals surface area contributed by atoms with Gasteiger partial charge in [0, 0.05) is 6.54 Å². The predicted octanol–water partition coefficient (Wildman–Crippen LogP) is 1.01. The highest BCUT2D eigenvalue weighted by Gasteiger charge is 2.38. The molecule has 9 nitrogen and oxygen atoms in total. The topological polar surface area (TPSA) is 133 Å². The minimum absolute atomic E-state index is 0.00257. The fourth-order valence-electron chi connectivity index (χ4n) is 3.12. The molecule has 0 saturated carbocycles. The van der Waals surface area contributed by atoms with Gasteiger partial charge in [0.1, 0.15) is 18.1 Å². The first-order valence-corrected chi connectivity index (χ1v) is 14.2. The maximum atomic E-state index is 12.8. The average molecular weight is 490 g/mol. The zero-order valence-electron chi connectivity index (χ0n) is 16.7. The zero-order valence-corrected chi connectivity index (χ0v) is 19.2. The van der Waals surface area contributed by atoms with Crippen molar-refractivity contribution in [2.45, 2.75) is 21.5 Å². The summed E-state index contributed by atoms with van der Waals surface area (Å²) >= 11 is 0. The molecule has 1 aliphatic rings. The maximum Gasteiger partial charge on any atom is 0.240 e. The summed E-state index contributed by atoms with van der Waals surface area (Å²) in [6.07, 6.45) is 0.00257. The van der Waals surface area contributed by atoms with Gasteiger partial charge >= 0.3 is 0 Å². The molecule has 170 valence electrons. The van der Waals surface area contributed by atoms with Crippen LogP contribution >= 0.6 is 0 Å². The minimum Gasteiger partial charge on any atom is -0.497 e. The Morgan fingerprint density at radius 2 is 1.65 bits per heavy atom. The van der Waals surface area contributed by atoms with Gasteiger partial charge in [-0.2, -0.15) is 0 Å². The van der Waals surface area contributed by atoms with Crippen molar-refractivity contribution >= 4 is 29.7 Å². The third-order valence-electron chi connectivity index (χ3n) is 4.80. The van der Waals surface area contributed by atoms with Gasteiger partial charge in [-0.05, 0) is 48.9 Å². The van der Waals surface area contributed by atoms with E-state index in [4.69, 9.17) is 9.47 Å². The van der Waals surface area contributed by atoms with Crippen molar-refractivity contribution in [3.8, 4) is 11.5 Å². The van der Waals surface area contributed by atoms with E-state index in [1.165, 1.54) is 18.2 Å². The summed E-state index contributed by atoms with van der Waals surface area (Å²) in [5, 5.41) is -1.07. The third-order valence-corrected chi connectivity index (χ3v) is 10.4. The SMILES string of the molecule is COc1ccc(OCCNS(=O)(=O)c2cccc(S(=O)(=O)[C@H]3CCS(=O)(=O)C3)c2)cc1. The van der Waals surface area contributed by atoms with Gasteiger partial charge in [-0.25, -0.2) is 30.0 Å². The number of hydrogen-bond donors (Lipinski definition) is 1. The van der Waals surface area contributed by atoms with Gasteiger partial charge < -0.3 is 9.47 Å². The molecule has 0 unspecified atom stereocenters. The van der Waals surface area contributed by atoms with Crippen molar-refractivity contribution in [1.29, 1.82) is 0 Å². The molecule has 2 aromatic rings. The molecule has 0 aromatic heterocycles. The van der Waals surface area contributed by atoms with Crippen LogP contribution in [0.25, 0.3) is 0 Å². The van der Waals surface area contributed by atoms with Crippen LogP contribution in [0.15, 0.2) is 58.3 Å². The minimum atomic E-state index is -3.99. The molecule has 0 amide bonds. The van der Waals surface area contributed by atoms with Crippen molar-refractivity contribution < 1.29 is 34.7 Å². The molecule has 1 heterocycles. The molecule has 0 aliphatic carbocycles. The van der Waals surface area contributed by atoms with Gasteiger partial charge in [-0.3, -0.25) is 0 Å². The average Bonchev–Trinajstić information content (AvgIpc) is 3.12. The lowest BCUT2D eigenvalue weighted by atomic mass is 10.3. The van der Waals surface area contributed by atoms with Crippen LogP contribution in [-0.2, 0) is 29.7 Å². The van der Waals surface area contributed by atoms with Crippen LogP contribution in [0.1, 0.15) is 6.42 Å². The van der Waals surface area contributed by atoms with E-state index in [2.05, 4.69) is 4.72 Å². The Kier molecular flexibility index (Phi) is 6.94. The predicted molar refractivity (Wildman–Crippen MR) is 114 cm³/mol. The number of nitrogens with one attached hydrogen (secondary N) is 1. The van der Waals surface area contributed by atoms with Gasteiger partial charge in [0.25, 0.3) is 0 Å². The van der Waals surface area contributed by atoms with Crippen molar-refractivity contribution in [2.75, 3.05) is 31.8 Å². The van der Waals surface area contributed by atoms with Crippen molar-refractivity contribution in [1.82, 2.24) is 4.72 Å². The number of hydrogen-bond acceptors (Lipinski definition) is 8. The Balaban J connectivity index is 1.65. The van der Waals surface area contributed by atoms with Crippen molar-refractivity contribution in [3.05, 3.63) is 48.5 Å². The Morgan fingerprint density at radius 3 is 2.26 bits per heavy atom. The van der Waals surface area contributed by atoms with E-state index in [0.717, 1.165) is 6.07 Å². The van der Waals surface area contributed by atoms with Gasteiger partial charge in [0.05, 0.1) is 33.7 Å². The van der Waals surface area contributed by atoms with E-state index >= 15 is 0 Å². The lowest BCUT2D eigenvalue weighted by molar-refractivity contribution is 0.322. The molecule has 0 radical (unpaired) electrons. The summed E-state index contributed by atoms with van der Waals surface area (Å²) in [5.74, 6) is 0.565. The molecule has 1 aliphatic heterocycles. The number of ether oxygens (including phenoxy) is 2. The van der Waals surface area contributed by atoms with Crippen LogP contribution < -0.4 is 14.2 Å². The largest absolute Gasteiger partial charge is 0.497 e. The summed E-state index contributed by atoms with van der Waals surface area (Å²) in [4.78, 5) is -0.439. The normalized spacial score (nSPS) is 18.5. The number of sulfonamides is 1. The fourth-order valence-corrected chi connectivity index (χ4v) is 8.65. The Morgan fingerprint density at radius 1 is 1.00 bits per heavy atom. The molecule has 2 aromatic carbocycles. The second-order valence-electron chi connectivity index (χ2n) is 6.97. The zero-order chi connectivity index (χ0) is 22.7. The van der Waals surface area contributed by atoms with Crippen LogP contribution in [-0.4, -0.2) is 62.3 Å². The smallest absolute Gasteiger partial charge is 0.240 e. The lowest BCUT2D eigenvalue weighted by Gasteiger charge is -2.12. The molecule has 1 N–H and O–H groups in total. The van der Waals surface area contributed by atoms with Crippen molar-refractivity contribution in [2.24, 2.45) is 0 Å². The van der Waals surface area contributed by atoms with E-state index in [1.807, 2.05) is 0 Å². The van der Waals surface area contributed by atoms with Crippen LogP contribution in [0.2, 0.25) is 0 Å². The Labute approximate surface area is 182 Å². The number of benzene rings is 2. The van der Waals surface area contributed by atoms with Crippen LogP contribution in [0.4, 0.5) is 0 Å². The molecule has 1 fully saturated rings. The van der Waals surface area contributed by atoms with Crippen LogP contribution in [0.3, 0.4) is 0 Å². The fraction of sp³-hybridized carbons (Fsp3) is 0.368. The highest BCUT2D eigenvalue weighted by Crippen LogP contribution is 2.26. The van der Waals surface area contributed by atoms with Gasteiger partial charge in [0.2, 0.25) is 10.0 Å². The van der Waals surface area contributed by atoms with Crippen LogP contribution in [0, 0.1) is 0 Å². The number of rotatable bonds is 9. The second-order valence-corrected chi connectivity index (χ2v) is 13.2. The molecule has 0 bridgehead atoms. The number of sulfone groups is 2. The Bertz CT molecular complexity index is 1240. The van der Waals surface area contributed by atoms with Crippen molar-refractivity contribution in [3.63, 3.8) is 0 Å². The summed E-state index contributed by atoms with van der Waals surface area (Å²) < 4.78 is 86.8. The van der Waals surface area contributed by atoms with Gasteiger partial charge in [0.15, 0.2) is 19.7 Å². The highest BCUT2D eigenvalue weighted by molar-refractivity contribution is 7.96. The van der Waals surface area contributed by atoms with E-state index in [1.54, 1.807) is 31.4 Å². The van der Waals surface area contributed by atoms with Crippen LogP contribution in [0.5, 0.6) is 11.5 Å². The van der Waals surface area contributed by atoms with E-state index in [9.17, 15) is 25.3 Å². The van der Waals surface area contributed by atoms with Gasteiger partial charge in [-0.15, -0.1) is 0 Å². The summed E-state index contributed by atoms with van der Waals surface area (Å²) in [6, 6.07) is 11.7. The maximum absolute atomic E-state index is 12.8. The number of methoxy groups -OCH3 is 1. The molecule has 1 saturated heterocycles. The van der Waals surface area contributed by atoms with Gasteiger partial charge in [-0.1, -0.05) is 6.07 Å². The first-order valence-electron chi connectivity index (χ1n) is 9.34. The van der Waals surface area contributed by atoms with E-state index < -0.39 is 40.7 Å². The second kappa shape index (κ2) is 9.15. The van der Waals surface area contributed by atoms with E-state index in [-0.39, 0.29) is 35.1 Å². The summed E-state index contributed by atoms with van der Waals surface area (Å²) in [6.45, 7) is 0.0235. The standard InChI is InChI=1S/C19H23NO8S3/c1-27-15-5-7-16(8-6-15)28-11-10-20-31(25,26)18-4-2-3-17(13-18)30(23,24)19-9-12-29(21,22)14-19/h2-8,13,19-20H,9-12,14H2,1H3/t19-/m0/s1.